The van der Waals surface area contributed by atoms with Crippen LogP contribution in [-0.2, 0) is 10.8 Å². The van der Waals surface area contributed by atoms with E-state index in [0.29, 0.717) is 0 Å². The van der Waals surface area contributed by atoms with E-state index in [2.05, 4.69) is 229 Å². The van der Waals surface area contributed by atoms with Crippen molar-refractivity contribution in [2.45, 2.75) is 69.1 Å². The number of anilines is 6. The van der Waals surface area contributed by atoms with E-state index < -0.39 is 0 Å². The van der Waals surface area contributed by atoms with Crippen molar-refractivity contribution in [3.05, 3.63) is 240 Å². The van der Waals surface area contributed by atoms with Crippen LogP contribution in [0.15, 0.2) is 212 Å². The van der Waals surface area contributed by atoms with Crippen LogP contribution in [0.3, 0.4) is 0 Å². The Labute approximate surface area is 384 Å². The molecule has 0 aliphatic heterocycles. The Bertz CT molecular complexity index is 3150. The van der Waals surface area contributed by atoms with Crippen LogP contribution in [0.5, 0.6) is 0 Å². The van der Waals surface area contributed by atoms with Gasteiger partial charge in [-0.1, -0.05) is 171 Å². The molecule has 2 nitrogen and oxygen atoms in total. The molecule has 9 aromatic rings. The Morgan fingerprint density at radius 2 is 0.862 bits per heavy atom. The van der Waals surface area contributed by atoms with Gasteiger partial charge in [0.25, 0.3) is 0 Å². The Kier molecular flexibility index (Phi) is 9.78. The van der Waals surface area contributed by atoms with Gasteiger partial charge in [0.15, 0.2) is 0 Å². The smallest absolute Gasteiger partial charge is 0.0540 e. The number of aryl methyl sites for hydroxylation is 1. The maximum atomic E-state index is 2.56. The lowest BCUT2D eigenvalue weighted by Crippen LogP contribution is -2.25. The van der Waals surface area contributed by atoms with E-state index in [-0.39, 0.29) is 10.8 Å². The zero-order valence-corrected chi connectivity index (χ0v) is 37.3. The first-order valence-electron chi connectivity index (χ1n) is 23.8. The summed E-state index contributed by atoms with van der Waals surface area (Å²) in [5.74, 6) is 0. The van der Waals surface area contributed by atoms with E-state index in [1.165, 1.54) is 135 Å². The second kappa shape index (κ2) is 16.1. The highest BCUT2D eigenvalue weighted by molar-refractivity contribution is 5.99. The highest BCUT2D eigenvalue weighted by Gasteiger charge is 2.45. The molecule has 0 heterocycles. The van der Waals surface area contributed by atoms with E-state index in [9.17, 15) is 0 Å². The number of nitrogens with zero attached hydrogens (tertiary/aromatic N) is 2. The number of para-hydroxylation sites is 1. The summed E-state index contributed by atoms with van der Waals surface area (Å²) in [5, 5.41) is 2.46. The molecule has 9 aromatic carbocycles. The van der Waals surface area contributed by atoms with Gasteiger partial charge >= 0.3 is 0 Å². The third kappa shape index (κ3) is 6.61. The van der Waals surface area contributed by atoms with Crippen LogP contribution in [0.25, 0.3) is 33.0 Å². The number of hydrogen-bond donors (Lipinski definition) is 0. The van der Waals surface area contributed by atoms with Gasteiger partial charge in [0.2, 0.25) is 0 Å². The molecule has 65 heavy (non-hydrogen) atoms. The molecule has 3 aliphatic rings. The van der Waals surface area contributed by atoms with Crippen molar-refractivity contribution in [1.82, 2.24) is 0 Å². The van der Waals surface area contributed by atoms with Crippen molar-refractivity contribution >= 4 is 44.9 Å². The SMILES string of the molecule is Cc1ccc(N(c2ccc(-c3ccc(N(c4ccccc4)c4cccc5ccccc45)cc3)cc2)c2ccc3c(c2)C2(CCCC2)c2ccccc2-3)cc1C1(c2ccccc2)CCCC1. The zero-order chi connectivity index (χ0) is 43.4. The maximum absolute atomic E-state index is 2.56. The summed E-state index contributed by atoms with van der Waals surface area (Å²) in [6, 6.07) is 79.6. The van der Waals surface area contributed by atoms with Gasteiger partial charge in [0, 0.05) is 44.7 Å². The average molecular weight is 839 g/mol. The third-order valence-corrected chi connectivity index (χ3v) is 15.4. The van der Waals surface area contributed by atoms with E-state index in [4.69, 9.17) is 0 Å². The van der Waals surface area contributed by atoms with Crippen molar-refractivity contribution < 1.29 is 0 Å². The first-order chi connectivity index (χ1) is 32.1. The first-order valence-corrected chi connectivity index (χ1v) is 23.8. The zero-order valence-electron chi connectivity index (χ0n) is 37.3. The van der Waals surface area contributed by atoms with Gasteiger partial charge in [0.1, 0.15) is 0 Å². The Hall–Kier alpha value is -7.16. The molecular weight excluding hydrogens is 785 g/mol. The minimum Gasteiger partial charge on any atom is -0.310 e. The van der Waals surface area contributed by atoms with Gasteiger partial charge in [-0.3, -0.25) is 0 Å². The molecule has 0 saturated heterocycles. The fourth-order valence-corrected chi connectivity index (χ4v) is 12.3. The van der Waals surface area contributed by atoms with Gasteiger partial charge in [-0.05, 0) is 155 Å². The van der Waals surface area contributed by atoms with Crippen LogP contribution in [0.2, 0.25) is 0 Å². The Morgan fingerprint density at radius 3 is 1.57 bits per heavy atom. The molecular formula is C63H54N2. The topological polar surface area (TPSA) is 6.48 Å². The normalized spacial score (nSPS) is 15.5. The lowest BCUT2D eigenvalue weighted by Gasteiger charge is -2.34. The predicted molar refractivity (Wildman–Crippen MR) is 274 cm³/mol. The molecule has 3 aliphatic carbocycles. The standard InChI is InChI=1S/C63H54N2/c1-45-27-32-53(43-59(45)62(39-12-13-40-62)49-19-4-2-5-20-49)64(54-37-38-57-56-24-10-11-25-58(56)63(60(57)44-54)41-14-15-42-63)51-33-28-46(29-34-51)47-30-35-52(36-31-47)65(50-21-6-3-7-22-50)61-26-16-18-48-17-8-9-23-55(48)61/h2-11,16-38,43-44H,12-15,39-42H2,1H3. The van der Waals surface area contributed by atoms with Crippen LogP contribution in [0, 0.1) is 6.92 Å². The summed E-state index contributed by atoms with van der Waals surface area (Å²) in [5.41, 5.74) is 19.7. The van der Waals surface area contributed by atoms with Gasteiger partial charge < -0.3 is 9.80 Å². The second-order valence-corrected chi connectivity index (χ2v) is 18.8. The highest BCUT2D eigenvalue weighted by atomic mass is 15.1. The first kappa shape index (κ1) is 39.4. The maximum Gasteiger partial charge on any atom is 0.0540 e. The quantitative estimate of drug-likeness (QED) is 0.143. The van der Waals surface area contributed by atoms with Crippen molar-refractivity contribution in [2.75, 3.05) is 9.80 Å². The monoisotopic (exact) mass is 838 g/mol. The molecule has 2 heteroatoms. The molecule has 0 N–H and O–H groups in total. The molecule has 2 fully saturated rings. The number of fused-ring (bicyclic) bond motifs is 6. The van der Waals surface area contributed by atoms with Gasteiger partial charge in [-0.2, -0.15) is 0 Å². The summed E-state index contributed by atoms with van der Waals surface area (Å²) in [6.45, 7) is 2.32. The molecule has 12 rings (SSSR count). The lowest BCUT2D eigenvalue weighted by atomic mass is 9.71. The van der Waals surface area contributed by atoms with E-state index in [1.54, 1.807) is 0 Å². The van der Waals surface area contributed by atoms with E-state index in [0.717, 1.165) is 11.4 Å². The average Bonchev–Trinajstić information content (AvgIpc) is 4.14. The Balaban J connectivity index is 0.952. The second-order valence-electron chi connectivity index (χ2n) is 18.8. The van der Waals surface area contributed by atoms with Crippen LogP contribution < -0.4 is 9.80 Å². The number of rotatable bonds is 9. The molecule has 1 spiro atoms. The molecule has 0 unspecified atom stereocenters. The third-order valence-electron chi connectivity index (χ3n) is 15.4. The van der Waals surface area contributed by atoms with E-state index >= 15 is 0 Å². The van der Waals surface area contributed by atoms with Gasteiger partial charge in [-0.25, -0.2) is 0 Å². The molecule has 0 radical (unpaired) electrons. The van der Waals surface area contributed by atoms with Crippen LogP contribution >= 0.6 is 0 Å². The Morgan fingerprint density at radius 1 is 0.354 bits per heavy atom. The van der Waals surface area contributed by atoms with Crippen molar-refractivity contribution in [1.29, 1.82) is 0 Å². The van der Waals surface area contributed by atoms with Crippen LogP contribution in [0.4, 0.5) is 34.1 Å². The van der Waals surface area contributed by atoms with Crippen molar-refractivity contribution in [2.24, 2.45) is 0 Å². The minimum atomic E-state index is 0.0141. The molecule has 2 saturated carbocycles. The predicted octanol–water partition coefficient (Wildman–Crippen LogP) is 17.5. The molecule has 0 bridgehead atoms. The summed E-state index contributed by atoms with van der Waals surface area (Å²) >= 11 is 0. The molecule has 316 valence electrons. The lowest BCUT2D eigenvalue weighted by molar-refractivity contribution is 0.532. The summed E-state index contributed by atoms with van der Waals surface area (Å²) in [6.07, 6.45) is 9.86. The summed E-state index contributed by atoms with van der Waals surface area (Å²) in [4.78, 5) is 4.92. The fourth-order valence-electron chi connectivity index (χ4n) is 12.3. The van der Waals surface area contributed by atoms with Gasteiger partial charge in [0.05, 0.1) is 5.69 Å². The largest absolute Gasteiger partial charge is 0.310 e. The molecule has 0 amide bonds. The highest BCUT2D eigenvalue weighted by Crippen LogP contribution is 2.58. The van der Waals surface area contributed by atoms with E-state index in [1.807, 2.05) is 0 Å². The summed E-state index contributed by atoms with van der Waals surface area (Å²) in [7, 11) is 0. The fraction of sp³-hybridized carbons (Fsp3) is 0.175. The number of hydrogen-bond acceptors (Lipinski definition) is 2. The van der Waals surface area contributed by atoms with Crippen molar-refractivity contribution in [3.63, 3.8) is 0 Å². The minimum absolute atomic E-state index is 0.0141. The molecule has 0 atom stereocenters. The number of benzene rings is 9. The molecule has 0 aromatic heterocycles. The van der Waals surface area contributed by atoms with Gasteiger partial charge in [-0.15, -0.1) is 0 Å². The summed E-state index contributed by atoms with van der Waals surface area (Å²) < 4.78 is 0. The van der Waals surface area contributed by atoms with Crippen LogP contribution in [0.1, 0.15) is 79.2 Å². The van der Waals surface area contributed by atoms with Crippen molar-refractivity contribution in [3.8, 4) is 22.3 Å². The van der Waals surface area contributed by atoms with Crippen LogP contribution in [-0.4, -0.2) is 0 Å².